The lowest BCUT2D eigenvalue weighted by Crippen LogP contribution is -2.25. The fraction of sp³-hybridized carbons (Fsp3) is 1.00. The van der Waals surface area contributed by atoms with Gasteiger partial charge in [-0.2, -0.15) is 0 Å². The van der Waals surface area contributed by atoms with Crippen molar-refractivity contribution in [3.8, 4) is 0 Å². The summed E-state index contributed by atoms with van der Waals surface area (Å²) in [6, 6.07) is 0. The molecule has 3 unspecified atom stereocenters. The van der Waals surface area contributed by atoms with Crippen molar-refractivity contribution in [1.82, 2.24) is 5.32 Å². The van der Waals surface area contributed by atoms with Gasteiger partial charge in [0.15, 0.2) is 0 Å². The van der Waals surface area contributed by atoms with Crippen LogP contribution < -0.4 is 5.32 Å². The average molecular weight is 154 g/mol. The van der Waals surface area contributed by atoms with Gasteiger partial charge in [-0.25, -0.2) is 0 Å². The van der Waals surface area contributed by atoms with Gasteiger partial charge in [0.1, 0.15) is 6.17 Å². The van der Waals surface area contributed by atoms with Crippen LogP contribution in [0, 0.1) is 16.7 Å². The first-order valence-electron chi connectivity index (χ1n) is 4.47. The van der Waals surface area contributed by atoms with Gasteiger partial charge in [-0.05, 0) is 18.8 Å². The second-order valence-corrected chi connectivity index (χ2v) is 3.67. The maximum absolute atomic E-state index is 10.3. The molecule has 1 heterocycles. The van der Waals surface area contributed by atoms with E-state index in [1.807, 2.05) is 0 Å². The highest BCUT2D eigenvalue weighted by Crippen LogP contribution is 2.35. The second-order valence-electron chi connectivity index (χ2n) is 3.67. The van der Waals surface area contributed by atoms with E-state index in [1.165, 1.54) is 25.7 Å². The number of hydrogen-bond donors (Lipinski definition) is 1. The molecule has 3 nitrogen and oxygen atoms in total. The Hall–Kier alpha value is -0.440. The Labute approximate surface area is 66.5 Å². The Kier molecular flexibility index (Phi) is 1.90. The lowest BCUT2D eigenvalue weighted by Gasteiger charge is -2.24. The molecule has 1 saturated carbocycles. The van der Waals surface area contributed by atoms with Crippen molar-refractivity contribution >= 4 is 0 Å². The van der Waals surface area contributed by atoms with Crippen LogP contribution in [0.1, 0.15) is 25.7 Å². The number of nitroso groups, excluding NO2 is 1. The van der Waals surface area contributed by atoms with Gasteiger partial charge in [0.05, 0.1) is 0 Å². The summed E-state index contributed by atoms with van der Waals surface area (Å²) in [5.74, 6) is 1.30. The van der Waals surface area contributed by atoms with Gasteiger partial charge in [0.2, 0.25) is 0 Å². The van der Waals surface area contributed by atoms with Crippen LogP contribution in [-0.2, 0) is 0 Å². The Morgan fingerprint density at radius 3 is 2.91 bits per heavy atom. The van der Waals surface area contributed by atoms with Gasteiger partial charge >= 0.3 is 0 Å². The van der Waals surface area contributed by atoms with Gasteiger partial charge in [0.25, 0.3) is 0 Å². The molecule has 0 aromatic rings. The summed E-state index contributed by atoms with van der Waals surface area (Å²) < 4.78 is 0. The van der Waals surface area contributed by atoms with Crippen LogP contribution in [0.5, 0.6) is 0 Å². The summed E-state index contributed by atoms with van der Waals surface area (Å²) in [6.07, 6.45) is 5.06. The number of nitrogens with zero attached hydrogens (tertiary/aromatic N) is 1. The van der Waals surface area contributed by atoms with Crippen molar-refractivity contribution < 1.29 is 0 Å². The summed E-state index contributed by atoms with van der Waals surface area (Å²) in [4.78, 5) is 10.3. The van der Waals surface area contributed by atoms with Crippen LogP contribution in [0.3, 0.4) is 0 Å². The molecule has 0 aromatic heterocycles. The van der Waals surface area contributed by atoms with Gasteiger partial charge < -0.3 is 0 Å². The molecule has 0 bridgehead atoms. The summed E-state index contributed by atoms with van der Waals surface area (Å²) in [5, 5.41) is 6.28. The van der Waals surface area contributed by atoms with Crippen LogP contribution in [0.2, 0.25) is 0 Å². The first-order valence-corrected chi connectivity index (χ1v) is 4.47. The molecule has 0 spiro atoms. The standard InChI is InChI=1S/C8H14N2O/c11-10-8-7-4-2-1-3-6(7)5-9-8/h6-9H,1-5H2. The lowest BCUT2D eigenvalue weighted by atomic mass is 9.80. The quantitative estimate of drug-likeness (QED) is 0.581. The number of fused-ring (bicyclic) bond motifs is 1. The molecular formula is C8H14N2O. The summed E-state index contributed by atoms with van der Waals surface area (Å²) in [5.41, 5.74) is 0. The van der Waals surface area contributed by atoms with E-state index in [9.17, 15) is 4.91 Å². The molecule has 1 N–H and O–H groups in total. The number of rotatable bonds is 1. The van der Waals surface area contributed by atoms with E-state index in [1.54, 1.807) is 0 Å². The predicted octanol–water partition coefficient (Wildman–Crippen LogP) is 1.49. The third kappa shape index (κ3) is 1.18. The SMILES string of the molecule is O=NC1NCC2CCCCC21. The maximum atomic E-state index is 10.3. The van der Waals surface area contributed by atoms with Gasteiger partial charge in [-0.1, -0.05) is 18.0 Å². The molecule has 0 aromatic carbocycles. The van der Waals surface area contributed by atoms with Crippen LogP contribution in [0.25, 0.3) is 0 Å². The zero-order chi connectivity index (χ0) is 7.68. The Morgan fingerprint density at radius 1 is 1.27 bits per heavy atom. The third-order valence-electron chi connectivity index (χ3n) is 3.08. The van der Waals surface area contributed by atoms with Crippen LogP contribution >= 0.6 is 0 Å². The smallest absolute Gasteiger partial charge is 0.145 e. The van der Waals surface area contributed by atoms with Crippen molar-refractivity contribution in [1.29, 1.82) is 0 Å². The average Bonchev–Trinajstić information content (AvgIpc) is 2.47. The molecule has 1 aliphatic heterocycles. The Balaban J connectivity index is 2.03. The topological polar surface area (TPSA) is 41.5 Å². The minimum Gasteiger partial charge on any atom is -0.292 e. The van der Waals surface area contributed by atoms with Crippen LogP contribution in [0.15, 0.2) is 5.18 Å². The summed E-state index contributed by atoms with van der Waals surface area (Å²) in [7, 11) is 0. The fourth-order valence-corrected chi connectivity index (χ4v) is 2.44. The highest BCUT2D eigenvalue weighted by molar-refractivity contribution is 4.90. The molecule has 0 amide bonds. The van der Waals surface area contributed by atoms with E-state index in [-0.39, 0.29) is 6.17 Å². The summed E-state index contributed by atoms with van der Waals surface area (Å²) in [6.45, 7) is 1.01. The second kappa shape index (κ2) is 2.89. The minimum absolute atomic E-state index is 0.0692. The molecule has 1 saturated heterocycles. The van der Waals surface area contributed by atoms with E-state index < -0.39 is 0 Å². The first-order chi connectivity index (χ1) is 5.42. The molecule has 11 heavy (non-hydrogen) atoms. The first kappa shape index (κ1) is 7.22. The molecule has 2 aliphatic rings. The largest absolute Gasteiger partial charge is 0.292 e. The minimum atomic E-state index is -0.0692. The van der Waals surface area contributed by atoms with Crippen molar-refractivity contribution in [3.63, 3.8) is 0 Å². The van der Waals surface area contributed by atoms with E-state index >= 15 is 0 Å². The third-order valence-corrected chi connectivity index (χ3v) is 3.08. The molecular weight excluding hydrogens is 140 g/mol. The van der Waals surface area contributed by atoms with Gasteiger partial charge in [-0.15, -0.1) is 4.91 Å². The monoisotopic (exact) mass is 154 g/mol. The lowest BCUT2D eigenvalue weighted by molar-refractivity contribution is 0.267. The molecule has 3 heteroatoms. The highest BCUT2D eigenvalue weighted by atomic mass is 16.3. The summed E-state index contributed by atoms with van der Waals surface area (Å²) >= 11 is 0. The predicted molar refractivity (Wildman–Crippen MR) is 43.0 cm³/mol. The van der Waals surface area contributed by atoms with Crippen molar-refractivity contribution in [3.05, 3.63) is 4.91 Å². The van der Waals surface area contributed by atoms with Crippen molar-refractivity contribution in [2.45, 2.75) is 31.8 Å². The Morgan fingerprint density at radius 2 is 2.09 bits per heavy atom. The van der Waals surface area contributed by atoms with E-state index in [2.05, 4.69) is 10.5 Å². The molecule has 2 fully saturated rings. The van der Waals surface area contributed by atoms with Crippen molar-refractivity contribution in [2.24, 2.45) is 17.0 Å². The van der Waals surface area contributed by atoms with Crippen molar-refractivity contribution in [2.75, 3.05) is 6.54 Å². The number of hydrogen-bond acceptors (Lipinski definition) is 3. The normalized spacial score (nSPS) is 43.5. The highest BCUT2D eigenvalue weighted by Gasteiger charge is 2.37. The molecule has 62 valence electrons. The van der Waals surface area contributed by atoms with E-state index in [0.717, 1.165) is 12.5 Å². The molecule has 0 radical (unpaired) electrons. The maximum Gasteiger partial charge on any atom is 0.145 e. The van der Waals surface area contributed by atoms with Gasteiger partial charge in [0, 0.05) is 12.5 Å². The molecule has 1 aliphatic carbocycles. The zero-order valence-electron chi connectivity index (χ0n) is 6.62. The fourth-order valence-electron chi connectivity index (χ4n) is 2.44. The zero-order valence-corrected chi connectivity index (χ0v) is 6.62. The number of nitrogens with one attached hydrogen (secondary N) is 1. The molecule has 3 atom stereocenters. The van der Waals surface area contributed by atoms with Gasteiger partial charge in [-0.3, -0.25) is 5.32 Å². The van der Waals surface area contributed by atoms with Crippen LogP contribution in [-0.4, -0.2) is 12.7 Å². The Bertz CT molecular complexity index is 160. The van der Waals surface area contributed by atoms with Crippen LogP contribution in [0.4, 0.5) is 0 Å². The van der Waals surface area contributed by atoms with E-state index in [0.29, 0.717) is 5.92 Å². The molecule has 2 rings (SSSR count). The van der Waals surface area contributed by atoms with E-state index in [4.69, 9.17) is 0 Å².